The van der Waals surface area contributed by atoms with Crippen molar-refractivity contribution in [1.29, 1.82) is 0 Å². The van der Waals surface area contributed by atoms with Crippen LogP contribution >= 0.6 is 11.6 Å². The Bertz CT molecular complexity index is 447. The molecule has 0 bridgehead atoms. The van der Waals surface area contributed by atoms with Crippen LogP contribution in [0.25, 0.3) is 0 Å². The number of halogens is 1. The summed E-state index contributed by atoms with van der Waals surface area (Å²) in [6, 6.07) is 5.61. The second kappa shape index (κ2) is 5.61. The SMILES string of the molecule is COC(=O)c1ccc(Cl)cc1NC1CCC(C)C1. The molecular formula is C14H18ClNO2. The van der Waals surface area contributed by atoms with Crippen molar-refractivity contribution in [1.82, 2.24) is 0 Å². The summed E-state index contributed by atoms with van der Waals surface area (Å²) in [5.74, 6) is 0.406. The number of carbonyl (C=O) groups is 1. The molecule has 0 radical (unpaired) electrons. The molecule has 4 heteroatoms. The smallest absolute Gasteiger partial charge is 0.339 e. The Morgan fingerprint density at radius 1 is 1.44 bits per heavy atom. The van der Waals surface area contributed by atoms with Gasteiger partial charge < -0.3 is 10.1 Å². The van der Waals surface area contributed by atoms with Crippen molar-refractivity contribution in [3.8, 4) is 0 Å². The van der Waals surface area contributed by atoms with Gasteiger partial charge in [-0.2, -0.15) is 0 Å². The van der Waals surface area contributed by atoms with E-state index < -0.39 is 0 Å². The van der Waals surface area contributed by atoms with E-state index in [4.69, 9.17) is 16.3 Å². The zero-order valence-electron chi connectivity index (χ0n) is 10.7. The van der Waals surface area contributed by atoms with Gasteiger partial charge in [-0.15, -0.1) is 0 Å². The number of ether oxygens (including phenoxy) is 1. The first-order valence-corrected chi connectivity index (χ1v) is 6.62. The fraction of sp³-hybridized carbons (Fsp3) is 0.500. The molecule has 1 fully saturated rings. The lowest BCUT2D eigenvalue weighted by Gasteiger charge is -2.16. The van der Waals surface area contributed by atoms with E-state index in [1.54, 1.807) is 18.2 Å². The fourth-order valence-electron chi connectivity index (χ4n) is 2.48. The van der Waals surface area contributed by atoms with E-state index >= 15 is 0 Å². The minimum Gasteiger partial charge on any atom is -0.465 e. The standard InChI is InChI=1S/C14H18ClNO2/c1-9-3-5-11(7-9)16-13-8-10(15)4-6-12(13)14(17)18-2/h4,6,8-9,11,16H,3,5,7H2,1-2H3. The molecule has 2 rings (SSSR count). The molecule has 3 nitrogen and oxygen atoms in total. The maximum absolute atomic E-state index is 11.7. The lowest BCUT2D eigenvalue weighted by atomic mass is 10.1. The Morgan fingerprint density at radius 2 is 2.22 bits per heavy atom. The molecule has 1 aliphatic carbocycles. The minimum atomic E-state index is -0.333. The summed E-state index contributed by atoms with van der Waals surface area (Å²) in [6.07, 6.45) is 3.49. The molecule has 0 spiro atoms. The molecule has 0 amide bonds. The molecule has 1 aromatic carbocycles. The third-order valence-corrected chi connectivity index (χ3v) is 3.68. The van der Waals surface area contributed by atoms with Crippen LogP contribution in [0.15, 0.2) is 18.2 Å². The van der Waals surface area contributed by atoms with E-state index in [9.17, 15) is 4.79 Å². The number of hydrogen-bond acceptors (Lipinski definition) is 3. The van der Waals surface area contributed by atoms with Crippen molar-refractivity contribution in [3.63, 3.8) is 0 Å². The summed E-state index contributed by atoms with van der Waals surface area (Å²) in [7, 11) is 1.39. The molecule has 1 aromatic rings. The predicted molar refractivity (Wildman–Crippen MR) is 73.2 cm³/mol. The quantitative estimate of drug-likeness (QED) is 0.848. The Hall–Kier alpha value is -1.22. The predicted octanol–water partition coefficient (Wildman–Crippen LogP) is 3.73. The third-order valence-electron chi connectivity index (χ3n) is 3.44. The summed E-state index contributed by atoms with van der Waals surface area (Å²) in [6.45, 7) is 2.25. The molecule has 1 aliphatic rings. The fourth-order valence-corrected chi connectivity index (χ4v) is 2.65. The van der Waals surface area contributed by atoms with E-state index in [0.29, 0.717) is 16.6 Å². The Morgan fingerprint density at radius 3 is 2.83 bits per heavy atom. The molecule has 18 heavy (non-hydrogen) atoms. The number of nitrogens with one attached hydrogen (secondary N) is 1. The first kappa shape index (κ1) is 13.2. The zero-order chi connectivity index (χ0) is 13.1. The van der Waals surface area contributed by atoms with Gasteiger partial charge in [0.15, 0.2) is 0 Å². The van der Waals surface area contributed by atoms with Gasteiger partial charge in [0.2, 0.25) is 0 Å². The number of rotatable bonds is 3. The average molecular weight is 268 g/mol. The minimum absolute atomic E-state index is 0.333. The number of hydrogen-bond donors (Lipinski definition) is 1. The maximum atomic E-state index is 11.7. The van der Waals surface area contributed by atoms with E-state index in [2.05, 4.69) is 12.2 Å². The van der Waals surface area contributed by atoms with Crippen molar-refractivity contribution in [2.24, 2.45) is 5.92 Å². The van der Waals surface area contributed by atoms with Crippen molar-refractivity contribution in [3.05, 3.63) is 28.8 Å². The number of methoxy groups -OCH3 is 1. The van der Waals surface area contributed by atoms with Gasteiger partial charge in [-0.25, -0.2) is 4.79 Å². The second-order valence-corrected chi connectivity index (χ2v) is 5.38. The normalized spacial score (nSPS) is 22.8. The van der Waals surface area contributed by atoms with Crippen LogP contribution in [0.4, 0.5) is 5.69 Å². The highest BCUT2D eigenvalue weighted by Gasteiger charge is 2.23. The van der Waals surface area contributed by atoms with Crippen LogP contribution in [0.1, 0.15) is 36.5 Å². The molecular weight excluding hydrogens is 250 g/mol. The summed E-state index contributed by atoms with van der Waals surface area (Å²) < 4.78 is 4.78. The molecule has 0 heterocycles. The molecule has 0 aliphatic heterocycles. The number of anilines is 1. The molecule has 1 saturated carbocycles. The van der Waals surface area contributed by atoms with Crippen LogP contribution in [-0.2, 0) is 4.74 Å². The first-order valence-electron chi connectivity index (χ1n) is 6.24. The van der Waals surface area contributed by atoms with Gasteiger partial charge in [0, 0.05) is 11.1 Å². The third kappa shape index (κ3) is 2.96. The van der Waals surface area contributed by atoms with E-state index in [-0.39, 0.29) is 5.97 Å². The number of esters is 1. The summed E-state index contributed by atoms with van der Waals surface area (Å²) >= 11 is 5.99. The topological polar surface area (TPSA) is 38.3 Å². The Kier molecular flexibility index (Phi) is 4.12. The van der Waals surface area contributed by atoms with Gasteiger partial charge in [0.05, 0.1) is 18.4 Å². The summed E-state index contributed by atoms with van der Waals surface area (Å²) in [4.78, 5) is 11.7. The number of benzene rings is 1. The van der Waals surface area contributed by atoms with Crippen molar-refractivity contribution < 1.29 is 9.53 Å². The van der Waals surface area contributed by atoms with Crippen molar-refractivity contribution in [2.45, 2.75) is 32.2 Å². The van der Waals surface area contributed by atoms with E-state index in [1.165, 1.54) is 13.5 Å². The summed E-state index contributed by atoms with van der Waals surface area (Å²) in [5, 5.41) is 4.03. The van der Waals surface area contributed by atoms with Crippen LogP contribution in [-0.4, -0.2) is 19.1 Å². The largest absolute Gasteiger partial charge is 0.465 e. The van der Waals surface area contributed by atoms with Crippen LogP contribution in [0, 0.1) is 5.92 Å². The van der Waals surface area contributed by atoms with Gasteiger partial charge in [-0.05, 0) is 43.4 Å². The van der Waals surface area contributed by atoms with Crippen LogP contribution < -0.4 is 5.32 Å². The van der Waals surface area contributed by atoms with Gasteiger partial charge in [-0.1, -0.05) is 18.5 Å². The summed E-state index contributed by atoms with van der Waals surface area (Å²) in [5.41, 5.74) is 1.31. The lowest BCUT2D eigenvalue weighted by molar-refractivity contribution is 0.0602. The molecule has 98 valence electrons. The number of carbonyl (C=O) groups excluding carboxylic acids is 1. The monoisotopic (exact) mass is 267 g/mol. The van der Waals surface area contributed by atoms with E-state index in [1.807, 2.05) is 0 Å². The molecule has 0 aromatic heterocycles. The van der Waals surface area contributed by atoms with Crippen LogP contribution in [0.3, 0.4) is 0 Å². The molecule has 2 atom stereocenters. The maximum Gasteiger partial charge on any atom is 0.339 e. The molecule has 1 N–H and O–H groups in total. The lowest BCUT2D eigenvalue weighted by Crippen LogP contribution is -2.18. The van der Waals surface area contributed by atoms with Crippen LogP contribution in [0.2, 0.25) is 5.02 Å². The average Bonchev–Trinajstić information content (AvgIpc) is 2.74. The van der Waals surface area contributed by atoms with Gasteiger partial charge in [0.25, 0.3) is 0 Å². The highest BCUT2D eigenvalue weighted by molar-refractivity contribution is 6.31. The zero-order valence-corrected chi connectivity index (χ0v) is 11.5. The highest BCUT2D eigenvalue weighted by Crippen LogP contribution is 2.30. The van der Waals surface area contributed by atoms with E-state index in [0.717, 1.165) is 24.4 Å². The Labute approximate surface area is 112 Å². The van der Waals surface area contributed by atoms with Crippen molar-refractivity contribution >= 4 is 23.3 Å². The van der Waals surface area contributed by atoms with Crippen LogP contribution in [0.5, 0.6) is 0 Å². The first-order chi connectivity index (χ1) is 8.60. The van der Waals surface area contributed by atoms with Gasteiger partial charge in [-0.3, -0.25) is 0 Å². The van der Waals surface area contributed by atoms with Gasteiger partial charge >= 0.3 is 5.97 Å². The molecule has 2 unspecified atom stereocenters. The highest BCUT2D eigenvalue weighted by atomic mass is 35.5. The Balaban J connectivity index is 2.19. The van der Waals surface area contributed by atoms with Gasteiger partial charge in [0.1, 0.15) is 0 Å². The second-order valence-electron chi connectivity index (χ2n) is 4.94. The van der Waals surface area contributed by atoms with Crippen molar-refractivity contribution in [2.75, 3.05) is 12.4 Å². The molecule has 0 saturated heterocycles.